The summed E-state index contributed by atoms with van der Waals surface area (Å²) in [5.74, 6) is 0. The number of fused-ring (bicyclic) bond motifs is 1. The zero-order chi connectivity index (χ0) is 13.5. The SMILES string of the molecule is CC(C)(C)c1ccc2c(c1)CC(c1ccncc1)N2. The van der Waals surface area contributed by atoms with Crippen LogP contribution in [-0.2, 0) is 11.8 Å². The van der Waals surface area contributed by atoms with Gasteiger partial charge in [0.25, 0.3) is 0 Å². The van der Waals surface area contributed by atoms with E-state index < -0.39 is 0 Å². The van der Waals surface area contributed by atoms with Crippen molar-refractivity contribution in [3.8, 4) is 0 Å². The molecule has 2 nitrogen and oxygen atoms in total. The van der Waals surface area contributed by atoms with Crippen molar-refractivity contribution in [1.82, 2.24) is 4.98 Å². The number of anilines is 1. The van der Waals surface area contributed by atoms with Crippen molar-refractivity contribution in [3.05, 3.63) is 59.4 Å². The highest BCUT2D eigenvalue weighted by Crippen LogP contribution is 2.36. The van der Waals surface area contributed by atoms with E-state index >= 15 is 0 Å². The number of benzene rings is 1. The van der Waals surface area contributed by atoms with Gasteiger partial charge in [-0.15, -0.1) is 0 Å². The van der Waals surface area contributed by atoms with Crippen molar-refractivity contribution < 1.29 is 0 Å². The van der Waals surface area contributed by atoms with Gasteiger partial charge in [0.1, 0.15) is 0 Å². The Morgan fingerprint density at radius 1 is 1.11 bits per heavy atom. The number of nitrogens with zero attached hydrogens (tertiary/aromatic N) is 1. The van der Waals surface area contributed by atoms with Crippen LogP contribution in [0.2, 0.25) is 0 Å². The first kappa shape index (κ1) is 12.2. The molecule has 1 N–H and O–H groups in total. The van der Waals surface area contributed by atoms with E-state index in [1.54, 1.807) is 0 Å². The molecule has 1 aromatic heterocycles. The summed E-state index contributed by atoms with van der Waals surface area (Å²) in [5.41, 5.74) is 5.63. The van der Waals surface area contributed by atoms with Crippen LogP contribution in [0.5, 0.6) is 0 Å². The summed E-state index contributed by atoms with van der Waals surface area (Å²) in [6.07, 6.45) is 4.78. The van der Waals surface area contributed by atoms with Gasteiger partial charge in [-0.25, -0.2) is 0 Å². The summed E-state index contributed by atoms with van der Waals surface area (Å²) in [5, 5.41) is 3.60. The Bertz CT molecular complexity index is 582. The predicted octanol–water partition coefficient (Wildman–Crippen LogP) is 4.09. The minimum absolute atomic E-state index is 0.212. The highest BCUT2D eigenvalue weighted by Gasteiger charge is 2.24. The Kier molecular flexibility index (Phi) is 2.81. The van der Waals surface area contributed by atoms with Gasteiger partial charge in [0.2, 0.25) is 0 Å². The molecular formula is C17H20N2. The lowest BCUT2D eigenvalue weighted by molar-refractivity contribution is 0.589. The van der Waals surface area contributed by atoms with Crippen LogP contribution in [0.25, 0.3) is 0 Å². The molecule has 3 rings (SSSR count). The number of pyridine rings is 1. The minimum Gasteiger partial charge on any atom is -0.378 e. The zero-order valence-electron chi connectivity index (χ0n) is 11.8. The maximum absolute atomic E-state index is 4.08. The van der Waals surface area contributed by atoms with E-state index in [0.717, 1.165) is 6.42 Å². The number of hydrogen-bond acceptors (Lipinski definition) is 2. The Morgan fingerprint density at radius 2 is 1.84 bits per heavy atom. The van der Waals surface area contributed by atoms with Crippen LogP contribution in [0, 0.1) is 0 Å². The lowest BCUT2D eigenvalue weighted by Crippen LogP contribution is -2.10. The number of rotatable bonds is 1. The van der Waals surface area contributed by atoms with Gasteiger partial charge in [0.05, 0.1) is 6.04 Å². The molecule has 0 spiro atoms. The quantitative estimate of drug-likeness (QED) is 0.827. The van der Waals surface area contributed by atoms with Crippen LogP contribution in [0.4, 0.5) is 5.69 Å². The largest absolute Gasteiger partial charge is 0.378 e. The lowest BCUT2D eigenvalue weighted by atomic mass is 9.85. The maximum Gasteiger partial charge on any atom is 0.0556 e. The van der Waals surface area contributed by atoms with Crippen LogP contribution in [0.3, 0.4) is 0 Å². The normalized spacial score (nSPS) is 17.9. The van der Waals surface area contributed by atoms with Crippen molar-refractivity contribution in [2.75, 3.05) is 5.32 Å². The van der Waals surface area contributed by atoms with Gasteiger partial charge >= 0.3 is 0 Å². The van der Waals surface area contributed by atoms with Crippen LogP contribution in [0.15, 0.2) is 42.7 Å². The van der Waals surface area contributed by atoms with Crippen molar-refractivity contribution in [2.24, 2.45) is 0 Å². The molecule has 1 unspecified atom stereocenters. The fraction of sp³-hybridized carbons (Fsp3) is 0.353. The maximum atomic E-state index is 4.08. The summed E-state index contributed by atoms with van der Waals surface area (Å²) >= 11 is 0. The van der Waals surface area contributed by atoms with Gasteiger partial charge in [-0.1, -0.05) is 32.9 Å². The van der Waals surface area contributed by atoms with E-state index in [1.807, 2.05) is 12.4 Å². The molecule has 98 valence electrons. The third kappa shape index (κ3) is 2.35. The number of aromatic nitrogens is 1. The molecule has 1 atom stereocenters. The molecule has 0 saturated carbocycles. The minimum atomic E-state index is 0.212. The molecule has 0 bridgehead atoms. The molecule has 0 radical (unpaired) electrons. The molecule has 0 saturated heterocycles. The first-order valence-corrected chi connectivity index (χ1v) is 6.84. The van der Waals surface area contributed by atoms with Gasteiger partial charge in [-0.3, -0.25) is 4.98 Å². The Labute approximate surface area is 114 Å². The van der Waals surface area contributed by atoms with E-state index in [2.05, 4.69) is 61.4 Å². The monoisotopic (exact) mass is 252 g/mol. The number of nitrogens with one attached hydrogen (secondary N) is 1. The smallest absolute Gasteiger partial charge is 0.0556 e. The topological polar surface area (TPSA) is 24.9 Å². The average Bonchev–Trinajstić information content (AvgIpc) is 2.81. The molecule has 1 aliphatic rings. The summed E-state index contributed by atoms with van der Waals surface area (Å²) < 4.78 is 0. The van der Waals surface area contributed by atoms with Crippen LogP contribution < -0.4 is 5.32 Å². The Hall–Kier alpha value is -1.83. The molecule has 2 aromatic rings. The van der Waals surface area contributed by atoms with Gasteiger partial charge in [0.15, 0.2) is 0 Å². The summed E-state index contributed by atoms with van der Waals surface area (Å²) in [4.78, 5) is 4.08. The third-order valence-corrected chi connectivity index (χ3v) is 3.83. The van der Waals surface area contributed by atoms with E-state index in [-0.39, 0.29) is 5.41 Å². The summed E-state index contributed by atoms with van der Waals surface area (Å²) in [6, 6.07) is 11.4. The highest BCUT2D eigenvalue weighted by atomic mass is 14.9. The summed E-state index contributed by atoms with van der Waals surface area (Å²) in [7, 11) is 0. The fourth-order valence-corrected chi connectivity index (χ4v) is 2.63. The highest BCUT2D eigenvalue weighted by molar-refractivity contribution is 5.59. The second-order valence-electron chi connectivity index (χ2n) is 6.30. The van der Waals surface area contributed by atoms with Crippen molar-refractivity contribution >= 4 is 5.69 Å². The van der Waals surface area contributed by atoms with E-state index in [1.165, 1.54) is 22.4 Å². The van der Waals surface area contributed by atoms with Gasteiger partial charge in [-0.2, -0.15) is 0 Å². The molecule has 19 heavy (non-hydrogen) atoms. The Morgan fingerprint density at radius 3 is 2.53 bits per heavy atom. The molecule has 1 aliphatic heterocycles. The fourth-order valence-electron chi connectivity index (χ4n) is 2.63. The van der Waals surface area contributed by atoms with Gasteiger partial charge in [-0.05, 0) is 46.7 Å². The number of hydrogen-bond donors (Lipinski definition) is 1. The summed E-state index contributed by atoms with van der Waals surface area (Å²) in [6.45, 7) is 6.78. The lowest BCUT2D eigenvalue weighted by Gasteiger charge is -2.19. The van der Waals surface area contributed by atoms with Gasteiger partial charge in [0, 0.05) is 18.1 Å². The average molecular weight is 252 g/mol. The van der Waals surface area contributed by atoms with Crippen molar-refractivity contribution in [3.63, 3.8) is 0 Å². The first-order chi connectivity index (χ1) is 9.04. The molecular weight excluding hydrogens is 232 g/mol. The van der Waals surface area contributed by atoms with E-state index in [0.29, 0.717) is 6.04 Å². The van der Waals surface area contributed by atoms with Crippen molar-refractivity contribution in [1.29, 1.82) is 0 Å². The zero-order valence-corrected chi connectivity index (χ0v) is 11.8. The van der Waals surface area contributed by atoms with E-state index in [9.17, 15) is 0 Å². The molecule has 0 aliphatic carbocycles. The molecule has 0 fully saturated rings. The van der Waals surface area contributed by atoms with Crippen molar-refractivity contribution in [2.45, 2.75) is 38.6 Å². The van der Waals surface area contributed by atoms with Gasteiger partial charge < -0.3 is 5.32 Å². The standard InChI is InChI=1S/C17H20N2/c1-17(2,3)14-4-5-15-13(10-14)11-16(19-15)12-6-8-18-9-7-12/h4-10,16,19H,11H2,1-3H3. The molecule has 2 heterocycles. The van der Waals surface area contributed by atoms with Crippen LogP contribution >= 0.6 is 0 Å². The Balaban J connectivity index is 1.89. The second-order valence-corrected chi connectivity index (χ2v) is 6.30. The molecule has 1 aromatic carbocycles. The molecule has 2 heteroatoms. The first-order valence-electron chi connectivity index (χ1n) is 6.84. The van der Waals surface area contributed by atoms with Crippen LogP contribution in [0.1, 0.15) is 43.5 Å². The molecule has 0 amide bonds. The third-order valence-electron chi connectivity index (χ3n) is 3.83. The predicted molar refractivity (Wildman–Crippen MR) is 79.4 cm³/mol. The second kappa shape index (κ2) is 4.37. The van der Waals surface area contributed by atoms with Crippen LogP contribution in [-0.4, -0.2) is 4.98 Å². The van der Waals surface area contributed by atoms with E-state index in [4.69, 9.17) is 0 Å².